The maximum absolute atomic E-state index is 2.55. The lowest BCUT2D eigenvalue weighted by Gasteiger charge is -2.20. The predicted molar refractivity (Wildman–Crippen MR) is 354 cm³/mol. The summed E-state index contributed by atoms with van der Waals surface area (Å²) in [5.74, 6) is 0. The molecule has 0 nitrogen and oxygen atoms in total. The van der Waals surface area contributed by atoms with Gasteiger partial charge in [0.2, 0.25) is 0 Å². The largest absolute Gasteiger partial charge is 0.0622 e. The molecule has 0 unspecified atom stereocenters. The molecule has 0 saturated carbocycles. The summed E-state index contributed by atoms with van der Waals surface area (Å²) in [5, 5.41) is 31.1. The molecule has 0 N–H and O–H groups in total. The van der Waals surface area contributed by atoms with Crippen molar-refractivity contribution in [2.24, 2.45) is 0 Å². The second-order valence-electron chi connectivity index (χ2n) is 23.2. The van der Waals surface area contributed by atoms with E-state index < -0.39 is 0 Å². The van der Waals surface area contributed by atoms with Crippen molar-refractivity contribution in [3.8, 4) is 66.8 Å². The number of benzene rings is 17. The normalized spacial score (nSPS) is 12.3. The van der Waals surface area contributed by atoms with Gasteiger partial charge in [-0.15, -0.1) is 0 Å². The third kappa shape index (κ3) is 6.21. The second kappa shape index (κ2) is 17.3. The van der Waals surface area contributed by atoms with Gasteiger partial charge in [0.05, 0.1) is 0 Å². The second-order valence-corrected chi connectivity index (χ2v) is 23.2. The van der Waals surface area contributed by atoms with Crippen molar-refractivity contribution in [2.75, 3.05) is 0 Å². The first kappa shape index (κ1) is 45.8. The van der Waals surface area contributed by atoms with E-state index in [0.29, 0.717) is 0 Å². The van der Waals surface area contributed by atoms with E-state index in [2.05, 4.69) is 291 Å². The maximum atomic E-state index is 2.55. The first-order valence-corrected chi connectivity index (χ1v) is 29.4. The van der Waals surface area contributed by atoms with Gasteiger partial charge in [-0.05, 0) is 219 Å². The molecule has 0 bridgehead atoms. The van der Waals surface area contributed by atoms with Gasteiger partial charge in [0.1, 0.15) is 0 Å². The fourth-order valence-electron chi connectivity index (χ4n) is 15.7. The molecule has 0 radical (unpaired) electrons. The molecule has 0 spiro atoms. The molecule has 0 atom stereocenters. The van der Waals surface area contributed by atoms with Crippen LogP contribution in [0.3, 0.4) is 0 Å². The van der Waals surface area contributed by atoms with Crippen LogP contribution < -0.4 is 0 Å². The molecule has 0 fully saturated rings. The van der Waals surface area contributed by atoms with Gasteiger partial charge >= 0.3 is 0 Å². The van der Waals surface area contributed by atoms with E-state index in [9.17, 15) is 0 Å². The minimum atomic E-state index is 1.21. The van der Waals surface area contributed by atoms with Gasteiger partial charge in [0.15, 0.2) is 0 Å². The summed E-state index contributed by atoms with van der Waals surface area (Å²) in [6, 6.07) is 110. The molecule has 0 heterocycles. The molecule has 384 valence electrons. The first-order chi connectivity index (χ1) is 41.7. The van der Waals surface area contributed by atoms with Crippen molar-refractivity contribution in [3.05, 3.63) is 333 Å². The summed E-state index contributed by atoms with van der Waals surface area (Å²) < 4.78 is 0. The van der Waals surface area contributed by atoms with Crippen LogP contribution in [0.2, 0.25) is 0 Å². The summed E-state index contributed by atoms with van der Waals surface area (Å²) in [5.41, 5.74) is 15.0. The van der Waals surface area contributed by atoms with Crippen molar-refractivity contribution < 1.29 is 0 Å². The molecular formula is C84H48. The highest BCUT2D eigenvalue weighted by atomic mass is 14.3. The molecule has 0 heteroatoms. The average Bonchev–Trinajstić information content (AvgIpc) is 1.60. The Morgan fingerprint density at radius 1 is 0.155 bits per heavy atom. The highest BCUT2D eigenvalue weighted by Crippen LogP contribution is 2.51. The lowest BCUT2D eigenvalue weighted by Crippen LogP contribution is -1.94. The van der Waals surface area contributed by atoms with Crippen LogP contribution in [0.15, 0.2) is 291 Å². The fourth-order valence-corrected chi connectivity index (χ4v) is 15.7. The smallest absolute Gasteiger partial charge is 0.000718 e. The van der Waals surface area contributed by atoms with Gasteiger partial charge in [-0.3, -0.25) is 0 Å². The van der Waals surface area contributed by atoms with Gasteiger partial charge in [-0.1, -0.05) is 267 Å². The van der Waals surface area contributed by atoms with Crippen LogP contribution in [0.1, 0.15) is 0 Å². The van der Waals surface area contributed by atoms with E-state index in [1.165, 1.54) is 195 Å². The molecule has 17 aromatic carbocycles. The minimum absolute atomic E-state index is 1.21. The van der Waals surface area contributed by atoms with Crippen LogP contribution in [-0.4, -0.2) is 0 Å². The number of fused-ring (bicyclic) bond motifs is 8. The SMILES string of the molecule is c1ccc(-c2ccccc2-c2c3c(c(-c4ccccc4)c4cc5ccccc5cc24)=c2ccc4c5ccc6c7c(ccc(c8ccc=3c2c48)c75)=c2cc3c(-c4ccccc4-c4ccccc4)c4ccccc4c(-c4ccccc4)c3cc2=6)cc1. The molecule has 0 amide bonds. The topological polar surface area (TPSA) is 0 Å². The Hall–Kier alpha value is -10.9. The van der Waals surface area contributed by atoms with Crippen LogP contribution in [0, 0.1) is 41.7 Å². The van der Waals surface area contributed by atoms with Crippen molar-refractivity contribution in [1.82, 2.24) is 0 Å². The van der Waals surface area contributed by atoms with E-state index in [0.717, 1.165) is 0 Å². The number of rotatable bonds is 6. The fraction of sp³-hybridized carbons (Fsp3) is 0. The summed E-state index contributed by atoms with van der Waals surface area (Å²) in [6.45, 7) is 0. The Kier molecular flexibility index (Phi) is 9.43. The van der Waals surface area contributed by atoms with E-state index in [4.69, 9.17) is 0 Å². The lowest BCUT2D eigenvalue weighted by molar-refractivity contribution is 1.49. The molecular weight excluding hydrogens is 1010 g/mol. The summed E-state index contributed by atoms with van der Waals surface area (Å²) >= 11 is 0. The first-order valence-electron chi connectivity index (χ1n) is 29.4. The quantitative estimate of drug-likeness (QED) is 0.115. The standard InChI is InChI=1S/C84H48/c1-5-21-49(22-6-1)55-31-15-17-33-57(55)77-60-36-20-19-35-59(60)75(51-25-9-3-10-26-51)73-47-69-65-39-37-61-63-41-43-67-82-68(44-42-64(79(63)82)62-38-40-66(80(65)78(61)62)70(69)48-74(73)77)84-81(58-34-18-16-32-56(58)50-23-7-2-8-24-50)72-46-54-30-14-13-29-53(54)45-71(72)76(83(67)84)52-27-11-4-12-28-52/h1-48H. The third-order valence-corrected chi connectivity index (χ3v) is 19.0. The molecule has 0 aliphatic heterocycles. The number of hydrogen-bond donors (Lipinski definition) is 0. The van der Waals surface area contributed by atoms with E-state index in [-0.39, 0.29) is 0 Å². The summed E-state index contributed by atoms with van der Waals surface area (Å²) in [6.07, 6.45) is 0. The Morgan fingerprint density at radius 2 is 0.488 bits per heavy atom. The minimum Gasteiger partial charge on any atom is -0.0622 e. The van der Waals surface area contributed by atoms with Gasteiger partial charge in [-0.25, -0.2) is 0 Å². The molecule has 19 rings (SSSR count). The van der Waals surface area contributed by atoms with Crippen LogP contribution in [0.5, 0.6) is 0 Å². The molecule has 2 aliphatic rings. The zero-order valence-electron chi connectivity index (χ0n) is 45.7. The van der Waals surface area contributed by atoms with Crippen molar-refractivity contribution in [3.63, 3.8) is 0 Å². The maximum Gasteiger partial charge on any atom is -0.000718 e. The van der Waals surface area contributed by atoms with Crippen molar-refractivity contribution in [1.29, 1.82) is 0 Å². The van der Waals surface area contributed by atoms with Crippen LogP contribution in [0.4, 0.5) is 0 Å². The third-order valence-electron chi connectivity index (χ3n) is 19.0. The zero-order chi connectivity index (χ0) is 54.7. The summed E-state index contributed by atoms with van der Waals surface area (Å²) in [7, 11) is 0. The van der Waals surface area contributed by atoms with Crippen LogP contribution >= 0.6 is 0 Å². The van der Waals surface area contributed by atoms with Gasteiger partial charge in [0.25, 0.3) is 0 Å². The number of hydrogen-bond acceptors (Lipinski definition) is 0. The van der Waals surface area contributed by atoms with Crippen molar-refractivity contribution >= 4 is 86.2 Å². The lowest BCUT2D eigenvalue weighted by atomic mass is 9.83. The van der Waals surface area contributed by atoms with E-state index >= 15 is 0 Å². The molecule has 0 aromatic heterocycles. The Balaban J connectivity index is 0.970. The summed E-state index contributed by atoms with van der Waals surface area (Å²) in [4.78, 5) is 0. The Morgan fingerprint density at radius 3 is 0.988 bits per heavy atom. The van der Waals surface area contributed by atoms with Gasteiger partial charge in [0, 0.05) is 0 Å². The molecule has 84 heavy (non-hydrogen) atoms. The van der Waals surface area contributed by atoms with Gasteiger partial charge < -0.3 is 0 Å². The zero-order valence-corrected chi connectivity index (χ0v) is 45.7. The molecule has 0 saturated heterocycles. The highest BCUT2D eigenvalue weighted by Gasteiger charge is 2.26. The Labute approximate surface area is 483 Å². The van der Waals surface area contributed by atoms with Crippen molar-refractivity contribution in [2.45, 2.75) is 0 Å². The van der Waals surface area contributed by atoms with Gasteiger partial charge in [-0.2, -0.15) is 0 Å². The van der Waals surface area contributed by atoms with Crippen LogP contribution in [0.25, 0.3) is 153 Å². The van der Waals surface area contributed by atoms with E-state index in [1.54, 1.807) is 0 Å². The predicted octanol–water partition coefficient (Wildman–Crippen LogP) is 22.1. The Bertz CT molecular complexity index is 6150. The monoisotopic (exact) mass is 1060 g/mol. The molecule has 2 aliphatic carbocycles. The molecule has 17 aromatic rings. The average molecular weight is 1060 g/mol. The van der Waals surface area contributed by atoms with E-state index in [1.807, 2.05) is 0 Å². The highest BCUT2D eigenvalue weighted by molar-refractivity contribution is 6.34. The van der Waals surface area contributed by atoms with Crippen LogP contribution in [-0.2, 0) is 0 Å².